The minimum atomic E-state index is -3.71. The van der Waals surface area contributed by atoms with Gasteiger partial charge in [-0.05, 0) is 61.4 Å². The van der Waals surface area contributed by atoms with Gasteiger partial charge in [0.25, 0.3) is 15.6 Å². The van der Waals surface area contributed by atoms with Gasteiger partial charge in [-0.3, -0.25) is 9.52 Å². The standard InChI is InChI=1S/C24H27FN4O3S/c1-7-33(31,32)27-19-8-9-21(26-23-15(2)10-18(25)11-16(23)3)20(13-19)17-12-22(28(4)5)24(30)29(6)14-17/h7-14,26-27H,1H2,2-6H3. The first-order valence-electron chi connectivity index (χ1n) is 10.1. The average molecular weight is 471 g/mol. The van der Waals surface area contributed by atoms with Crippen molar-refractivity contribution in [2.24, 2.45) is 7.05 Å². The Bertz CT molecular complexity index is 1370. The van der Waals surface area contributed by atoms with Crippen LogP contribution in [-0.4, -0.2) is 27.1 Å². The summed E-state index contributed by atoms with van der Waals surface area (Å²) in [7, 11) is 1.50. The average Bonchev–Trinajstić information content (AvgIpc) is 2.72. The topological polar surface area (TPSA) is 83.4 Å². The zero-order valence-electron chi connectivity index (χ0n) is 19.2. The number of benzene rings is 2. The van der Waals surface area contributed by atoms with E-state index in [4.69, 9.17) is 0 Å². The Morgan fingerprint density at radius 2 is 1.73 bits per heavy atom. The fraction of sp³-hybridized carbons (Fsp3) is 0.208. The van der Waals surface area contributed by atoms with E-state index in [9.17, 15) is 17.6 Å². The first kappa shape index (κ1) is 24.1. The highest BCUT2D eigenvalue weighted by molar-refractivity contribution is 7.95. The van der Waals surface area contributed by atoms with Crippen molar-refractivity contribution in [3.05, 3.63) is 81.9 Å². The van der Waals surface area contributed by atoms with Crippen molar-refractivity contribution < 1.29 is 12.8 Å². The molecule has 0 aliphatic heterocycles. The maximum absolute atomic E-state index is 13.8. The van der Waals surface area contributed by atoms with Gasteiger partial charge in [-0.1, -0.05) is 6.58 Å². The van der Waals surface area contributed by atoms with Gasteiger partial charge in [0.2, 0.25) is 0 Å². The first-order valence-corrected chi connectivity index (χ1v) is 11.7. The minimum absolute atomic E-state index is 0.160. The summed E-state index contributed by atoms with van der Waals surface area (Å²) in [5, 5.41) is 4.19. The van der Waals surface area contributed by atoms with Gasteiger partial charge >= 0.3 is 0 Å². The summed E-state index contributed by atoms with van der Waals surface area (Å²) in [5.41, 5.74) is 4.87. The molecule has 0 amide bonds. The third-order valence-electron chi connectivity index (χ3n) is 5.21. The second-order valence-corrected chi connectivity index (χ2v) is 9.67. The second-order valence-electron chi connectivity index (χ2n) is 8.04. The number of aromatic nitrogens is 1. The van der Waals surface area contributed by atoms with E-state index in [1.165, 1.54) is 16.7 Å². The van der Waals surface area contributed by atoms with E-state index in [1.54, 1.807) is 70.4 Å². The number of anilines is 4. The highest BCUT2D eigenvalue weighted by atomic mass is 32.2. The molecule has 3 aromatic rings. The molecule has 9 heteroatoms. The van der Waals surface area contributed by atoms with Crippen LogP contribution in [0.25, 0.3) is 11.1 Å². The molecule has 3 rings (SSSR count). The number of nitrogens with one attached hydrogen (secondary N) is 2. The molecule has 0 aliphatic rings. The third kappa shape index (κ3) is 5.25. The van der Waals surface area contributed by atoms with Crippen molar-refractivity contribution in [2.75, 3.05) is 29.0 Å². The molecule has 0 atom stereocenters. The van der Waals surface area contributed by atoms with E-state index in [2.05, 4.69) is 16.6 Å². The molecule has 1 heterocycles. The summed E-state index contributed by atoms with van der Waals surface area (Å²) >= 11 is 0. The number of hydrogen-bond acceptors (Lipinski definition) is 5. The quantitative estimate of drug-likeness (QED) is 0.531. The van der Waals surface area contributed by atoms with Crippen molar-refractivity contribution >= 4 is 32.8 Å². The Labute approximate surface area is 193 Å². The molecule has 0 saturated heterocycles. The monoisotopic (exact) mass is 470 g/mol. The van der Waals surface area contributed by atoms with Crippen LogP contribution in [0.5, 0.6) is 0 Å². The largest absolute Gasteiger partial charge is 0.373 e. The van der Waals surface area contributed by atoms with Crippen LogP contribution in [0.3, 0.4) is 0 Å². The van der Waals surface area contributed by atoms with Crippen LogP contribution in [0, 0.1) is 19.7 Å². The summed E-state index contributed by atoms with van der Waals surface area (Å²) < 4.78 is 41.8. The van der Waals surface area contributed by atoms with Gasteiger partial charge in [0.15, 0.2) is 0 Å². The number of aryl methyl sites for hydroxylation is 3. The van der Waals surface area contributed by atoms with Crippen molar-refractivity contribution in [3.63, 3.8) is 0 Å². The van der Waals surface area contributed by atoms with E-state index in [0.717, 1.165) is 22.2 Å². The van der Waals surface area contributed by atoms with E-state index in [-0.39, 0.29) is 11.4 Å². The van der Waals surface area contributed by atoms with Gasteiger partial charge in [-0.25, -0.2) is 12.8 Å². The van der Waals surface area contributed by atoms with Gasteiger partial charge < -0.3 is 14.8 Å². The fourth-order valence-corrected chi connectivity index (χ4v) is 4.10. The van der Waals surface area contributed by atoms with Gasteiger partial charge in [0, 0.05) is 60.9 Å². The minimum Gasteiger partial charge on any atom is -0.373 e. The summed E-state index contributed by atoms with van der Waals surface area (Å²) in [4.78, 5) is 14.3. The molecule has 0 bridgehead atoms. The van der Waals surface area contributed by atoms with Gasteiger partial charge in [0.1, 0.15) is 11.5 Å². The first-order chi connectivity index (χ1) is 15.4. The lowest BCUT2D eigenvalue weighted by Crippen LogP contribution is -2.25. The van der Waals surface area contributed by atoms with Crippen molar-refractivity contribution in [3.8, 4) is 11.1 Å². The molecule has 0 spiro atoms. The van der Waals surface area contributed by atoms with Crippen molar-refractivity contribution in [1.29, 1.82) is 0 Å². The maximum atomic E-state index is 13.8. The number of nitrogens with zero attached hydrogens (tertiary/aromatic N) is 2. The zero-order chi connectivity index (χ0) is 24.5. The lowest BCUT2D eigenvalue weighted by Gasteiger charge is -2.20. The lowest BCUT2D eigenvalue weighted by molar-refractivity contribution is 0.609. The summed E-state index contributed by atoms with van der Waals surface area (Å²) in [5.74, 6) is -0.321. The van der Waals surface area contributed by atoms with Crippen LogP contribution in [-0.2, 0) is 17.1 Å². The molecule has 33 heavy (non-hydrogen) atoms. The lowest BCUT2D eigenvalue weighted by atomic mass is 10.0. The molecule has 0 radical (unpaired) electrons. The van der Waals surface area contributed by atoms with Gasteiger partial charge in [-0.2, -0.15) is 0 Å². The van der Waals surface area contributed by atoms with E-state index < -0.39 is 10.0 Å². The van der Waals surface area contributed by atoms with Crippen molar-refractivity contribution in [2.45, 2.75) is 13.8 Å². The number of sulfonamides is 1. The van der Waals surface area contributed by atoms with Crippen LogP contribution >= 0.6 is 0 Å². The Balaban J connectivity index is 2.23. The zero-order valence-corrected chi connectivity index (χ0v) is 20.0. The molecule has 0 unspecified atom stereocenters. The van der Waals surface area contributed by atoms with Crippen LogP contribution < -0.4 is 20.5 Å². The summed E-state index contributed by atoms with van der Waals surface area (Å²) in [6, 6.07) is 9.67. The molecule has 7 nitrogen and oxygen atoms in total. The Morgan fingerprint density at radius 1 is 1.09 bits per heavy atom. The Hall–Kier alpha value is -3.59. The molecule has 1 aromatic heterocycles. The van der Waals surface area contributed by atoms with Crippen LogP contribution in [0.15, 0.2) is 59.4 Å². The Morgan fingerprint density at radius 3 is 2.30 bits per heavy atom. The summed E-state index contributed by atoms with van der Waals surface area (Å²) in [6.45, 7) is 6.94. The molecule has 174 valence electrons. The predicted octanol–water partition coefficient (Wildman–Crippen LogP) is 4.50. The predicted molar refractivity (Wildman–Crippen MR) is 133 cm³/mol. The van der Waals surface area contributed by atoms with Gasteiger partial charge in [-0.15, -0.1) is 0 Å². The molecule has 2 aromatic carbocycles. The highest BCUT2D eigenvalue weighted by Crippen LogP contribution is 2.36. The molecule has 0 aliphatic carbocycles. The third-order valence-corrected chi connectivity index (χ3v) is 6.17. The van der Waals surface area contributed by atoms with Crippen molar-refractivity contribution in [1.82, 2.24) is 4.57 Å². The van der Waals surface area contributed by atoms with E-state index >= 15 is 0 Å². The van der Waals surface area contributed by atoms with E-state index in [0.29, 0.717) is 28.2 Å². The maximum Gasteiger partial charge on any atom is 0.273 e. The number of hydrogen-bond donors (Lipinski definition) is 2. The molecular weight excluding hydrogens is 443 g/mol. The molecule has 2 N–H and O–H groups in total. The molecule has 0 fully saturated rings. The number of pyridine rings is 1. The second kappa shape index (κ2) is 9.11. The normalized spacial score (nSPS) is 11.2. The van der Waals surface area contributed by atoms with Crippen LogP contribution in [0.1, 0.15) is 11.1 Å². The Kier molecular flexibility index (Phi) is 6.64. The molecule has 0 saturated carbocycles. The van der Waals surface area contributed by atoms with Gasteiger partial charge in [0.05, 0.1) is 0 Å². The fourth-order valence-electron chi connectivity index (χ4n) is 3.57. The smallest absolute Gasteiger partial charge is 0.273 e. The highest BCUT2D eigenvalue weighted by Gasteiger charge is 2.15. The SMILES string of the molecule is C=CS(=O)(=O)Nc1ccc(Nc2c(C)cc(F)cc2C)c(-c2cc(N(C)C)c(=O)n(C)c2)c1. The summed E-state index contributed by atoms with van der Waals surface area (Å²) in [6.07, 6.45) is 1.69. The number of rotatable bonds is 7. The van der Waals surface area contributed by atoms with Crippen LogP contribution in [0.4, 0.5) is 27.1 Å². The van der Waals surface area contributed by atoms with E-state index in [1.807, 2.05) is 0 Å². The molecular formula is C24H27FN4O3S. The number of halogens is 1. The van der Waals surface area contributed by atoms with Crippen LogP contribution in [0.2, 0.25) is 0 Å².